The zero-order chi connectivity index (χ0) is 50.7. The molecule has 16 heteroatoms. The Morgan fingerprint density at radius 2 is 0.818 bits per heavy atom. The zero-order valence-electron chi connectivity index (χ0n) is 44.3. The summed E-state index contributed by atoms with van der Waals surface area (Å²) >= 11 is 0. The molecule has 0 amide bonds. The summed E-state index contributed by atoms with van der Waals surface area (Å²) in [6.07, 6.45) is 6.27. The molecule has 10 rings (SSSR count). The van der Waals surface area contributed by atoms with Crippen LogP contribution in [-0.2, 0) is 54.2 Å². The van der Waals surface area contributed by atoms with E-state index in [-0.39, 0.29) is 182 Å². The molecule has 0 spiro atoms. The largest absolute Gasteiger partial charge is 1.00 e. The number of aliphatic hydroxyl groups is 1. The smallest absolute Gasteiger partial charge is 1.00 e. The zero-order valence-corrected chi connectivity index (χ0v) is 52.6. The first-order valence-electron chi connectivity index (χ1n) is 24.2. The van der Waals surface area contributed by atoms with E-state index in [4.69, 9.17) is 38.8 Å². The molecule has 1 N–H and O–H groups in total. The third-order valence-corrected chi connectivity index (χ3v) is 15.8. The molecule has 0 aromatic heterocycles. The minimum absolute atomic E-state index is 0. The molecule has 8 aromatic carbocycles. The van der Waals surface area contributed by atoms with Gasteiger partial charge in [0.05, 0.1) is 41.6 Å². The van der Waals surface area contributed by atoms with Gasteiger partial charge in [-0.05, 0) is 158 Å². The molecule has 77 heavy (non-hydrogen) atoms. The molecule has 2 heterocycles. The molecule has 2 saturated heterocycles. The average Bonchev–Trinajstić information content (AvgIpc) is 3.46. The van der Waals surface area contributed by atoms with E-state index in [0.717, 1.165) is 78.6 Å². The van der Waals surface area contributed by atoms with Crippen molar-refractivity contribution in [1.82, 2.24) is 0 Å². The second-order valence-corrected chi connectivity index (χ2v) is 20.6. The van der Waals surface area contributed by atoms with E-state index in [1.165, 1.54) is 43.0 Å². The van der Waals surface area contributed by atoms with Crippen molar-refractivity contribution >= 4 is 28.3 Å². The summed E-state index contributed by atoms with van der Waals surface area (Å²) in [5, 5.41) is 17.3. The number of ether oxygens (including phenoxy) is 5. The number of hydrogen-bond donors (Lipinski definition) is 1. The van der Waals surface area contributed by atoms with Crippen molar-refractivity contribution in [1.29, 1.82) is 0 Å². The van der Waals surface area contributed by atoms with Gasteiger partial charge in [-0.2, -0.15) is 0 Å². The molecule has 0 saturated carbocycles. The summed E-state index contributed by atoms with van der Waals surface area (Å²) in [6.45, 7) is 1.98. The fraction of sp³-hybridized carbons (Fsp3) is 0.197. The molecular weight excluding hydrogens is 1110 g/mol. The van der Waals surface area contributed by atoms with Crippen LogP contribution >= 0.6 is 0 Å². The van der Waals surface area contributed by atoms with Gasteiger partial charge in [0.15, 0.2) is 42.0 Å². The molecule has 0 aliphatic carbocycles. The topological polar surface area (TPSA) is 116 Å². The molecule has 2 fully saturated rings. The first kappa shape index (κ1) is 68.2. The van der Waals surface area contributed by atoms with Gasteiger partial charge in [-0.25, -0.2) is 4.39 Å². The van der Waals surface area contributed by atoms with Crippen LogP contribution in [0.3, 0.4) is 0 Å². The molecule has 2 atom stereocenters. The van der Waals surface area contributed by atoms with Crippen molar-refractivity contribution in [2.24, 2.45) is 0 Å². The number of benzene rings is 8. The SMILES string of the molecule is Fc1ccc([S+](c2ccccc2)c2ccccc2)cc1.O=CO[O-].OCc1ccc(OC2CCCCO2)cc1.[Cl-].[Cl-].[H-].[K+].[K+].c1ccc([S+](c2ccccc2)c2ccc(OCc3ccc(OC4CCCCO4)cc3)cc2)cc1. The number of carbonyl (C=O) groups excluding carboxylic acids is 1. The molecule has 8 aromatic rings. The second kappa shape index (κ2) is 39.4. The number of aliphatic hydroxyl groups excluding tert-OH is 1. The number of carbonyl (C=O) groups is 1. The van der Waals surface area contributed by atoms with E-state index in [9.17, 15) is 4.39 Å². The van der Waals surface area contributed by atoms with Crippen LogP contribution in [-0.4, -0.2) is 37.4 Å². The minimum atomic E-state index is -0.196. The molecule has 0 radical (unpaired) electrons. The summed E-state index contributed by atoms with van der Waals surface area (Å²) < 4.78 is 41.9. The summed E-state index contributed by atoms with van der Waals surface area (Å²) in [5.41, 5.74) is 2.00. The maximum Gasteiger partial charge on any atom is 1.00 e. The Kier molecular flexibility index (Phi) is 34.9. The van der Waals surface area contributed by atoms with Gasteiger partial charge < -0.3 is 65.2 Å². The third-order valence-electron chi connectivity index (χ3n) is 11.3. The summed E-state index contributed by atoms with van der Waals surface area (Å²) in [4.78, 5) is 18.8. The van der Waals surface area contributed by atoms with E-state index < -0.39 is 0 Å². The van der Waals surface area contributed by atoms with Crippen LogP contribution < -0.4 is 147 Å². The third kappa shape index (κ3) is 23.5. The van der Waals surface area contributed by atoms with Gasteiger partial charge in [0, 0.05) is 12.8 Å². The quantitative estimate of drug-likeness (QED) is 0.0525. The standard InChI is InChI=1S/C30H29O3S.C18H14FS.C12H16O3.CH2O3.2ClH.2K.H/c1-3-9-27(10-4-1)34(28-11-5-2-6-12-28)29-20-18-25(19-21-29)32-23-24-14-16-26(17-15-24)33-30-13-7-8-22-31-30;19-15-11-13-18(14-12-15)20(16-7-3-1-4-8-16)17-9-5-2-6-10-17;13-9-10-4-6-11(7-5-10)15-12-3-1-2-8-14-12;2-1-4-3;;;;;/h1-6,9-12,14-21,30H,7-8,13,22-23H2;1-14H;4-7,12-13H,1-3,8-9H2;1,3H;2*1H;;;/q2*+1;;;;;2*+1;-1/p-3. The van der Waals surface area contributed by atoms with Gasteiger partial charge in [0.25, 0.3) is 6.47 Å². The van der Waals surface area contributed by atoms with E-state index in [1.807, 2.05) is 84.9 Å². The predicted octanol–water partition coefficient (Wildman–Crippen LogP) is 0.835. The van der Waals surface area contributed by atoms with Crippen LogP contribution in [0.4, 0.5) is 4.39 Å². The summed E-state index contributed by atoms with van der Waals surface area (Å²) in [5.74, 6) is 2.32. The van der Waals surface area contributed by atoms with Crippen molar-refractivity contribution in [3.63, 3.8) is 0 Å². The Balaban J connectivity index is 0.000000405. The van der Waals surface area contributed by atoms with E-state index in [2.05, 4.69) is 126 Å². The molecule has 9 nitrogen and oxygen atoms in total. The average molecular weight is 1170 g/mol. The molecule has 394 valence electrons. The monoisotopic (exact) mass is 1170 g/mol. The van der Waals surface area contributed by atoms with Crippen molar-refractivity contribution in [2.75, 3.05) is 13.2 Å². The Morgan fingerprint density at radius 3 is 1.14 bits per heavy atom. The Morgan fingerprint density at radius 1 is 0.494 bits per heavy atom. The maximum atomic E-state index is 13.2. The van der Waals surface area contributed by atoms with Crippen molar-refractivity contribution < 1.29 is 177 Å². The summed E-state index contributed by atoms with van der Waals surface area (Å²) in [6, 6.07) is 72.9. The van der Waals surface area contributed by atoms with Crippen LogP contribution in [0.15, 0.2) is 248 Å². The van der Waals surface area contributed by atoms with Crippen LogP contribution in [0.1, 0.15) is 51.1 Å². The Hall–Kier alpha value is -3.05. The summed E-state index contributed by atoms with van der Waals surface area (Å²) in [7, 11) is -0.338. The first-order valence-corrected chi connectivity index (χ1v) is 26.7. The number of hydrogen-bond acceptors (Lipinski definition) is 9. The van der Waals surface area contributed by atoms with Crippen molar-refractivity contribution in [3.8, 4) is 17.2 Å². The fourth-order valence-electron chi connectivity index (χ4n) is 7.70. The molecule has 2 aliphatic heterocycles. The van der Waals surface area contributed by atoms with Gasteiger partial charge >= 0.3 is 103 Å². The second-order valence-electron chi connectivity index (χ2n) is 16.5. The van der Waals surface area contributed by atoms with E-state index in [1.54, 1.807) is 0 Å². The van der Waals surface area contributed by atoms with Gasteiger partial charge in [0.2, 0.25) is 0 Å². The molecule has 2 aliphatic rings. The van der Waals surface area contributed by atoms with Gasteiger partial charge in [-0.15, -0.1) is 0 Å². The van der Waals surface area contributed by atoms with Gasteiger partial charge in [-0.3, -0.25) is 4.79 Å². The van der Waals surface area contributed by atoms with Crippen LogP contribution in [0.25, 0.3) is 0 Å². The predicted molar refractivity (Wildman–Crippen MR) is 283 cm³/mol. The normalized spacial score (nSPS) is 14.1. The molecule has 0 bridgehead atoms. The Labute approximate surface area is 557 Å². The van der Waals surface area contributed by atoms with Crippen molar-refractivity contribution in [3.05, 3.63) is 235 Å². The van der Waals surface area contributed by atoms with Crippen LogP contribution in [0.2, 0.25) is 0 Å². The van der Waals surface area contributed by atoms with E-state index in [0.29, 0.717) is 6.61 Å². The van der Waals surface area contributed by atoms with Gasteiger partial charge in [-0.1, -0.05) is 97.1 Å². The maximum absolute atomic E-state index is 13.2. The number of halogens is 3. The van der Waals surface area contributed by atoms with Crippen molar-refractivity contribution in [2.45, 2.75) is 93.7 Å². The molecule has 2 unspecified atom stereocenters. The fourth-order valence-corrected chi connectivity index (χ4v) is 11.9. The van der Waals surface area contributed by atoms with Crippen LogP contribution in [0, 0.1) is 5.82 Å². The Bertz CT molecular complexity index is 2680. The van der Waals surface area contributed by atoms with Gasteiger partial charge in [0.1, 0.15) is 29.7 Å². The molecular formula is C61H61Cl2FK2O9S2. The minimum Gasteiger partial charge on any atom is -1.00 e. The van der Waals surface area contributed by atoms with Crippen LogP contribution in [0.5, 0.6) is 17.2 Å². The number of rotatable bonds is 15. The first-order chi connectivity index (χ1) is 36.0. The van der Waals surface area contributed by atoms with E-state index >= 15 is 0 Å².